The third-order valence-electron chi connectivity index (χ3n) is 3.89. The molecule has 0 bridgehead atoms. The van der Waals surface area contributed by atoms with E-state index in [1.165, 1.54) is 25.7 Å². The van der Waals surface area contributed by atoms with E-state index in [9.17, 15) is 5.26 Å². The van der Waals surface area contributed by atoms with Gasteiger partial charge in [0.25, 0.3) is 0 Å². The molecular formula is C15H26N2. The van der Waals surface area contributed by atoms with Gasteiger partial charge in [-0.25, -0.2) is 0 Å². The highest BCUT2D eigenvalue weighted by Gasteiger charge is 2.38. The molecule has 0 spiro atoms. The Morgan fingerprint density at radius 1 is 1.35 bits per heavy atom. The van der Waals surface area contributed by atoms with Crippen molar-refractivity contribution in [3.05, 3.63) is 11.3 Å². The van der Waals surface area contributed by atoms with Gasteiger partial charge in [-0.05, 0) is 31.6 Å². The van der Waals surface area contributed by atoms with Crippen LogP contribution >= 0.6 is 0 Å². The minimum atomic E-state index is 0.133. The molecule has 0 aromatic rings. The number of hydrogen-bond acceptors (Lipinski definition) is 2. The Morgan fingerprint density at radius 2 is 1.94 bits per heavy atom. The molecule has 96 valence electrons. The number of hydrogen-bond donors (Lipinski definition) is 1. The van der Waals surface area contributed by atoms with Crippen molar-refractivity contribution in [1.82, 2.24) is 0 Å². The van der Waals surface area contributed by atoms with Crippen LogP contribution in [0.1, 0.15) is 65.7 Å². The van der Waals surface area contributed by atoms with Gasteiger partial charge in [-0.3, -0.25) is 0 Å². The second kappa shape index (κ2) is 6.10. The van der Waals surface area contributed by atoms with E-state index in [1.807, 2.05) is 0 Å². The number of allylic oxidation sites excluding steroid dienone is 2. The number of nitrogens with zero attached hydrogens (tertiary/aromatic N) is 1. The quantitative estimate of drug-likeness (QED) is 0.727. The fourth-order valence-corrected chi connectivity index (χ4v) is 3.24. The Hall–Kier alpha value is -0.970. The molecular weight excluding hydrogens is 208 g/mol. The third-order valence-corrected chi connectivity index (χ3v) is 3.89. The van der Waals surface area contributed by atoms with Crippen molar-refractivity contribution in [1.29, 1.82) is 5.26 Å². The minimum absolute atomic E-state index is 0.133. The molecule has 0 aliphatic heterocycles. The molecule has 0 aromatic carbocycles. The average molecular weight is 234 g/mol. The lowest BCUT2D eigenvalue weighted by atomic mass is 9.74. The predicted molar refractivity (Wildman–Crippen MR) is 72.1 cm³/mol. The fourth-order valence-electron chi connectivity index (χ4n) is 3.24. The molecule has 0 heterocycles. The van der Waals surface area contributed by atoms with Crippen LogP contribution in [0.25, 0.3) is 0 Å². The van der Waals surface area contributed by atoms with Crippen LogP contribution in [-0.2, 0) is 0 Å². The Balaban J connectivity index is 3.01. The monoisotopic (exact) mass is 234 g/mol. The number of nitrogens with two attached hydrogens (primary N) is 1. The van der Waals surface area contributed by atoms with Crippen molar-refractivity contribution in [3.63, 3.8) is 0 Å². The van der Waals surface area contributed by atoms with Crippen molar-refractivity contribution < 1.29 is 0 Å². The van der Waals surface area contributed by atoms with Gasteiger partial charge in [0.2, 0.25) is 0 Å². The van der Waals surface area contributed by atoms with Crippen LogP contribution in [0, 0.1) is 22.7 Å². The second-order valence-corrected chi connectivity index (χ2v) is 5.84. The van der Waals surface area contributed by atoms with Gasteiger partial charge in [-0.2, -0.15) is 5.26 Å². The minimum Gasteiger partial charge on any atom is -0.401 e. The van der Waals surface area contributed by atoms with E-state index in [0.717, 1.165) is 30.5 Å². The highest BCUT2D eigenvalue weighted by Crippen LogP contribution is 2.48. The summed E-state index contributed by atoms with van der Waals surface area (Å²) in [7, 11) is 0. The molecule has 0 saturated heterocycles. The molecule has 2 heteroatoms. The lowest BCUT2D eigenvalue weighted by Gasteiger charge is -2.32. The van der Waals surface area contributed by atoms with Crippen LogP contribution in [0.5, 0.6) is 0 Å². The van der Waals surface area contributed by atoms with Gasteiger partial charge in [-0.15, -0.1) is 0 Å². The topological polar surface area (TPSA) is 49.8 Å². The fraction of sp³-hybridized carbons (Fsp3) is 0.800. The van der Waals surface area contributed by atoms with E-state index in [1.54, 1.807) is 0 Å². The summed E-state index contributed by atoms with van der Waals surface area (Å²) in [4.78, 5) is 0. The maximum atomic E-state index is 9.25. The Kier molecular flexibility index (Phi) is 5.05. The Morgan fingerprint density at radius 3 is 2.35 bits per heavy atom. The molecule has 1 saturated carbocycles. The molecule has 0 amide bonds. The highest BCUT2D eigenvalue weighted by molar-refractivity contribution is 5.31. The summed E-state index contributed by atoms with van der Waals surface area (Å²) in [6.07, 6.45) is 7.84. The van der Waals surface area contributed by atoms with E-state index in [-0.39, 0.29) is 5.41 Å². The maximum absolute atomic E-state index is 9.25. The second-order valence-electron chi connectivity index (χ2n) is 5.84. The van der Waals surface area contributed by atoms with Crippen molar-refractivity contribution in [2.75, 3.05) is 0 Å². The largest absolute Gasteiger partial charge is 0.401 e. The molecule has 0 atom stereocenters. The van der Waals surface area contributed by atoms with Crippen LogP contribution in [0.3, 0.4) is 0 Å². The van der Waals surface area contributed by atoms with Crippen LogP contribution < -0.4 is 5.73 Å². The van der Waals surface area contributed by atoms with Gasteiger partial charge >= 0.3 is 0 Å². The molecule has 0 aromatic heterocycles. The molecule has 1 rings (SSSR count). The first-order valence-electron chi connectivity index (χ1n) is 6.95. The maximum Gasteiger partial charge on any atom is 0.0965 e. The summed E-state index contributed by atoms with van der Waals surface area (Å²) in [5.74, 6) is 0.646. The summed E-state index contributed by atoms with van der Waals surface area (Å²) in [6.45, 7) is 6.60. The lowest BCUT2D eigenvalue weighted by molar-refractivity contribution is 0.284. The normalized spacial score (nSPS) is 20.2. The summed E-state index contributed by atoms with van der Waals surface area (Å²) < 4.78 is 0. The molecule has 1 aliphatic carbocycles. The summed E-state index contributed by atoms with van der Waals surface area (Å²) >= 11 is 0. The molecule has 2 N–H and O–H groups in total. The molecule has 0 unspecified atom stereocenters. The average Bonchev–Trinajstić information content (AvgIpc) is 2.73. The first-order chi connectivity index (χ1) is 8.05. The Bertz CT molecular complexity index is 314. The number of nitriles is 1. The first kappa shape index (κ1) is 14.1. The van der Waals surface area contributed by atoms with Gasteiger partial charge < -0.3 is 5.73 Å². The smallest absolute Gasteiger partial charge is 0.0965 e. The highest BCUT2D eigenvalue weighted by atomic mass is 14.7. The zero-order chi connectivity index (χ0) is 12.9. The van der Waals surface area contributed by atoms with E-state index < -0.39 is 0 Å². The van der Waals surface area contributed by atoms with Gasteiger partial charge in [0.05, 0.1) is 6.07 Å². The van der Waals surface area contributed by atoms with Crippen LogP contribution in [-0.4, -0.2) is 0 Å². The SMILES string of the molecule is CCCC(C#N)=C(N)C1(CC(C)C)CCCC1. The van der Waals surface area contributed by atoms with Gasteiger partial charge in [0.15, 0.2) is 0 Å². The van der Waals surface area contributed by atoms with E-state index >= 15 is 0 Å². The molecule has 0 radical (unpaired) electrons. The van der Waals surface area contributed by atoms with Gasteiger partial charge in [0.1, 0.15) is 0 Å². The standard InChI is InChI=1S/C15H26N2/c1-4-7-13(11-16)14(17)15(10-12(2)3)8-5-6-9-15/h12H,4-10,17H2,1-3H3. The zero-order valence-electron chi connectivity index (χ0n) is 11.6. The predicted octanol–water partition coefficient (Wildman–Crippen LogP) is 4.13. The Labute approximate surface area is 106 Å². The number of rotatable bonds is 5. The summed E-state index contributed by atoms with van der Waals surface area (Å²) in [6, 6.07) is 2.33. The van der Waals surface area contributed by atoms with E-state index in [0.29, 0.717) is 5.92 Å². The van der Waals surface area contributed by atoms with Crippen molar-refractivity contribution in [2.45, 2.75) is 65.7 Å². The van der Waals surface area contributed by atoms with Crippen molar-refractivity contribution in [2.24, 2.45) is 17.1 Å². The molecule has 2 nitrogen and oxygen atoms in total. The van der Waals surface area contributed by atoms with Crippen molar-refractivity contribution >= 4 is 0 Å². The summed E-state index contributed by atoms with van der Waals surface area (Å²) in [5.41, 5.74) is 8.25. The van der Waals surface area contributed by atoms with Crippen molar-refractivity contribution in [3.8, 4) is 6.07 Å². The van der Waals surface area contributed by atoms with Crippen LogP contribution in [0.4, 0.5) is 0 Å². The first-order valence-corrected chi connectivity index (χ1v) is 6.95. The summed E-state index contributed by atoms with van der Waals surface area (Å²) in [5, 5.41) is 9.25. The lowest BCUT2D eigenvalue weighted by Crippen LogP contribution is -2.28. The third kappa shape index (κ3) is 3.25. The van der Waals surface area contributed by atoms with Crippen LogP contribution in [0.2, 0.25) is 0 Å². The molecule has 17 heavy (non-hydrogen) atoms. The molecule has 1 fully saturated rings. The zero-order valence-corrected chi connectivity index (χ0v) is 11.6. The van der Waals surface area contributed by atoms with E-state index in [2.05, 4.69) is 26.8 Å². The van der Waals surface area contributed by atoms with Gasteiger partial charge in [-0.1, -0.05) is 40.0 Å². The van der Waals surface area contributed by atoms with Gasteiger partial charge in [0, 0.05) is 16.7 Å². The molecule has 1 aliphatic rings. The van der Waals surface area contributed by atoms with Crippen LogP contribution in [0.15, 0.2) is 11.3 Å². The van der Waals surface area contributed by atoms with E-state index in [4.69, 9.17) is 5.73 Å².